The predicted molar refractivity (Wildman–Crippen MR) is 67.6 cm³/mol. The largest absolute Gasteiger partial charge is 0.490 e. The lowest BCUT2D eigenvalue weighted by atomic mass is 9.70. The molecule has 94 valence electrons. The molecule has 2 rings (SSSR count). The second-order valence-electron chi connectivity index (χ2n) is 6.29. The summed E-state index contributed by atoms with van der Waals surface area (Å²) in [6.07, 6.45) is 3.24. The Balaban J connectivity index is 2.19. The molecule has 1 aliphatic carbocycles. The van der Waals surface area contributed by atoms with E-state index >= 15 is 0 Å². The number of ketones is 1. The summed E-state index contributed by atoms with van der Waals surface area (Å²) in [6.45, 7) is 10.2. The number of hydrogen-bond donors (Lipinski definition) is 0. The topological polar surface area (TPSA) is 35.5 Å². The molecule has 0 radical (unpaired) electrons. The average molecular weight is 236 g/mol. The highest BCUT2D eigenvalue weighted by Gasteiger charge is 2.52. The van der Waals surface area contributed by atoms with Gasteiger partial charge in [-0.05, 0) is 51.6 Å². The van der Waals surface area contributed by atoms with Gasteiger partial charge in [0, 0.05) is 6.42 Å². The zero-order chi connectivity index (χ0) is 12.8. The van der Waals surface area contributed by atoms with Crippen molar-refractivity contribution in [2.45, 2.75) is 58.7 Å². The van der Waals surface area contributed by atoms with Crippen LogP contribution in [0.4, 0.5) is 0 Å². The van der Waals surface area contributed by atoms with E-state index < -0.39 is 0 Å². The van der Waals surface area contributed by atoms with Crippen LogP contribution in [-0.4, -0.2) is 24.1 Å². The van der Waals surface area contributed by atoms with Crippen LogP contribution >= 0.6 is 0 Å². The lowest BCUT2D eigenvalue weighted by Crippen LogP contribution is -2.41. The Morgan fingerprint density at radius 3 is 2.18 bits per heavy atom. The molecule has 0 spiro atoms. The summed E-state index contributed by atoms with van der Waals surface area (Å²) in [7, 11) is -0.355. The summed E-state index contributed by atoms with van der Waals surface area (Å²) in [4.78, 5) is 11.6. The van der Waals surface area contributed by atoms with E-state index in [1.807, 2.05) is 27.7 Å². The first kappa shape index (κ1) is 12.8. The molecule has 1 aliphatic heterocycles. The summed E-state index contributed by atoms with van der Waals surface area (Å²) in [5, 5.41) is 0. The minimum atomic E-state index is -0.355. The van der Waals surface area contributed by atoms with Crippen molar-refractivity contribution < 1.29 is 14.1 Å². The number of rotatable bonds is 1. The van der Waals surface area contributed by atoms with Gasteiger partial charge < -0.3 is 9.31 Å². The third kappa shape index (κ3) is 2.33. The van der Waals surface area contributed by atoms with E-state index in [2.05, 4.69) is 6.92 Å². The fraction of sp³-hybridized carbons (Fsp3) is 0.769. The molecule has 1 atom stereocenters. The Labute approximate surface area is 104 Å². The van der Waals surface area contributed by atoms with Gasteiger partial charge in [0.05, 0.1) is 11.2 Å². The quantitative estimate of drug-likeness (QED) is 0.656. The van der Waals surface area contributed by atoms with Crippen LogP contribution in [0, 0.1) is 5.92 Å². The van der Waals surface area contributed by atoms with Crippen LogP contribution in [0.1, 0.15) is 47.5 Å². The van der Waals surface area contributed by atoms with E-state index in [4.69, 9.17) is 9.31 Å². The highest BCUT2D eigenvalue weighted by molar-refractivity contribution is 6.55. The molecule has 0 bridgehead atoms. The van der Waals surface area contributed by atoms with Gasteiger partial charge in [-0.25, -0.2) is 0 Å². The lowest BCUT2D eigenvalue weighted by molar-refractivity contribution is -0.115. The Morgan fingerprint density at radius 1 is 1.18 bits per heavy atom. The molecular weight excluding hydrogens is 215 g/mol. The van der Waals surface area contributed by atoms with Crippen molar-refractivity contribution >= 4 is 12.9 Å². The van der Waals surface area contributed by atoms with Crippen molar-refractivity contribution in [2.75, 3.05) is 0 Å². The molecule has 2 aliphatic rings. The molecule has 1 saturated heterocycles. The molecule has 0 amide bonds. The van der Waals surface area contributed by atoms with Crippen LogP contribution < -0.4 is 0 Å². The van der Waals surface area contributed by atoms with Gasteiger partial charge in [0.25, 0.3) is 0 Å². The number of carbonyl (C=O) groups excluding carboxylic acids is 1. The second-order valence-corrected chi connectivity index (χ2v) is 6.29. The average Bonchev–Trinajstić information content (AvgIpc) is 2.34. The third-order valence-corrected chi connectivity index (χ3v) is 4.04. The first-order valence-corrected chi connectivity index (χ1v) is 6.30. The minimum absolute atomic E-state index is 0.188. The smallest absolute Gasteiger partial charge is 0.400 e. The molecule has 0 saturated carbocycles. The maximum Gasteiger partial charge on any atom is 0.490 e. The van der Waals surface area contributed by atoms with Crippen molar-refractivity contribution in [2.24, 2.45) is 5.92 Å². The highest BCUT2D eigenvalue weighted by Crippen LogP contribution is 2.40. The molecule has 3 nitrogen and oxygen atoms in total. The molecule has 0 N–H and O–H groups in total. The minimum Gasteiger partial charge on any atom is -0.400 e. The summed E-state index contributed by atoms with van der Waals surface area (Å²) in [5.74, 6) is 0.579. The second kappa shape index (κ2) is 3.96. The molecule has 0 aromatic rings. The van der Waals surface area contributed by atoms with Gasteiger partial charge in [-0.15, -0.1) is 0 Å². The normalized spacial score (nSPS) is 31.6. The third-order valence-electron chi connectivity index (χ3n) is 4.04. The van der Waals surface area contributed by atoms with Gasteiger partial charge in [-0.2, -0.15) is 0 Å². The molecule has 4 heteroatoms. The first-order valence-electron chi connectivity index (χ1n) is 6.30. The molecule has 0 aromatic carbocycles. The Kier molecular flexibility index (Phi) is 2.99. The van der Waals surface area contributed by atoms with Crippen LogP contribution in [0.15, 0.2) is 11.5 Å². The maximum atomic E-state index is 11.6. The molecule has 17 heavy (non-hydrogen) atoms. The molecule has 0 unspecified atom stereocenters. The van der Waals surface area contributed by atoms with E-state index in [1.165, 1.54) is 0 Å². The number of hydrogen-bond acceptors (Lipinski definition) is 3. The summed E-state index contributed by atoms with van der Waals surface area (Å²) in [5.41, 5.74) is 0.331. The summed E-state index contributed by atoms with van der Waals surface area (Å²) >= 11 is 0. The Morgan fingerprint density at radius 2 is 1.71 bits per heavy atom. The van der Waals surface area contributed by atoms with E-state index in [0.717, 1.165) is 11.9 Å². The van der Waals surface area contributed by atoms with Crippen LogP contribution in [0.5, 0.6) is 0 Å². The van der Waals surface area contributed by atoms with E-state index in [-0.39, 0.29) is 24.1 Å². The van der Waals surface area contributed by atoms with Gasteiger partial charge in [0.1, 0.15) is 0 Å². The summed E-state index contributed by atoms with van der Waals surface area (Å²) < 4.78 is 11.9. The van der Waals surface area contributed by atoms with E-state index in [0.29, 0.717) is 12.3 Å². The fourth-order valence-electron chi connectivity index (χ4n) is 2.30. The van der Waals surface area contributed by atoms with Gasteiger partial charge in [0.15, 0.2) is 5.78 Å². The number of carbonyl (C=O) groups is 1. The van der Waals surface area contributed by atoms with Crippen LogP contribution in [0.3, 0.4) is 0 Å². The SMILES string of the molecule is C[C@@H]1CC(=O)C=C(B2OC(C)(C)C(C)(C)O2)C1. The molecular formula is C13H21BO3. The Bertz CT molecular complexity index is 355. The molecule has 1 fully saturated rings. The zero-order valence-electron chi connectivity index (χ0n) is 11.4. The fourth-order valence-corrected chi connectivity index (χ4v) is 2.30. The number of allylic oxidation sites excluding steroid dienone is 2. The standard InChI is InChI=1S/C13H21BO3/c1-9-6-10(8-11(15)7-9)14-16-12(2,3)13(4,5)17-14/h8-9H,6-7H2,1-5H3/t9-/m0/s1. The van der Waals surface area contributed by atoms with Crippen molar-refractivity contribution in [3.63, 3.8) is 0 Å². The van der Waals surface area contributed by atoms with E-state index in [1.54, 1.807) is 6.08 Å². The predicted octanol–water partition coefficient (Wildman–Crippen LogP) is 2.54. The van der Waals surface area contributed by atoms with Gasteiger partial charge in [-0.1, -0.05) is 6.92 Å². The van der Waals surface area contributed by atoms with Crippen LogP contribution in [0.2, 0.25) is 0 Å². The highest BCUT2D eigenvalue weighted by atomic mass is 16.7. The van der Waals surface area contributed by atoms with Crippen molar-refractivity contribution in [3.8, 4) is 0 Å². The monoisotopic (exact) mass is 236 g/mol. The lowest BCUT2D eigenvalue weighted by Gasteiger charge is -2.32. The van der Waals surface area contributed by atoms with Crippen LogP contribution in [0.25, 0.3) is 0 Å². The van der Waals surface area contributed by atoms with Gasteiger partial charge in [0.2, 0.25) is 0 Å². The molecule has 0 aromatic heterocycles. The van der Waals surface area contributed by atoms with Crippen LogP contribution in [-0.2, 0) is 14.1 Å². The van der Waals surface area contributed by atoms with Crippen molar-refractivity contribution in [1.29, 1.82) is 0 Å². The maximum absolute atomic E-state index is 11.6. The van der Waals surface area contributed by atoms with Gasteiger partial charge in [-0.3, -0.25) is 4.79 Å². The van der Waals surface area contributed by atoms with Crippen molar-refractivity contribution in [3.05, 3.63) is 11.5 Å². The first-order chi connectivity index (χ1) is 7.71. The summed E-state index contributed by atoms with van der Waals surface area (Å²) in [6, 6.07) is 0. The van der Waals surface area contributed by atoms with Gasteiger partial charge >= 0.3 is 7.12 Å². The van der Waals surface area contributed by atoms with E-state index in [9.17, 15) is 4.79 Å². The van der Waals surface area contributed by atoms with Crippen molar-refractivity contribution in [1.82, 2.24) is 0 Å². The zero-order valence-corrected chi connectivity index (χ0v) is 11.4. The molecule has 1 heterocycles. The Hall–Kier alpha value is -0.605.